The van der Waals surface area contributed by atoms with Crippen LogP contribution in [-0.4, -0.2) is 35.2 Å². The minimum absolute atomic E-state index is 0.0270. The van der Waals surface area contributed by atoms with Gasteiger partial charge in [-0.05, 0) is 17.7 Å². The summed E-state index contributed by atoms with van der Waals surface area (Å²) in [6, 6.07) is 5.09. The fraction of sp³-hybridized carbons (Fsp3) is 0.364. The molecule has 1 fully saturated rings. The number of nitrogens with zero attached hydrogens (tertiary/aromatic N) is 1. The van der Waals surface area contributed by atoms with E-state index >= 15 is 0 Å². The Morgan fingerprint density at radius 1 is 1.35 bits per heavy atom. The lowest BCUT2D eigenvalue weighted by molar-refractivity contribution is 0.154. The SMILES string of the molecule is N[C@@H]1CN(C(=O)O)C[C@H]1c1ccc(Cl)c(Cl)c1. The summed E-state index contributed by atoms with van der Waals surface area (Å²) >= 11 is 11.8. The Bertz CT molecular complexity index is 453. The van der Waals surface area contributed by atoms with Crippen LogP contribution in [0.15, 0.2) is 18.2 Å². The molecule has 0 unspecified atom stereocenters. The molecule has 0 spiro atoms. The fourth-order valence-corrected chi connectivity index (χ4v) is 2.39. The van der Waals surface area contributed by atoms with Crippen LogP contribution >= 0.6 is 23.2 Å². The topological polar surface area (TPSA) is 66.6 Å². The van der Waals surface area contributed by atoms with Gasteiger partial charge < -0.3 is 15.7 Å². The lowest BCUT2D eigenvalue weighted by atomic mass is 9.95. The highest BCUT2D eigenvalue weighted by atomic mass is 35.5. The van der Waals surface area contributed by atoms with E-state index in [2.05, 4.69) is 0 Å². The number of benzene rings is 1. The normalized spacial score (nSPS) is 24.1. The molecule has 17 heavy (non-hydrogen) atoms. The fourth-order valence-electron chi connectivity index (χ4n) is 2.08. The smallest absolute Gasteiger partial charge is 0.407 e. The van der Waals surface area contributed by atoms with E-state index in [1.54, 1.807) is 12.1 Å². The number of hydrogen-bond acceptors (Lipinski definition) is 2. The first-order valence-corrected chi connectivity index (χ1v) is 5.93. The third-order valence-corrected chi connectivity index (χ3v) is 3.75. The van der Waals surface area contributed by atoms with E-state index in [1.165, 1.54) is 4.90 Å². The molecule has 0 bridgehead atoms. The highest BCUT2D eigenvalue weighted by Gasteiger charge is 2.33. The molecule has 3 N–H and O–H groups in total. The Morgan fingerprint density at radius 3 is 2.59 bits per heavy atom. The zero-order valence-corrected chi connectivity index (χ0v) is 10.4. The molecule has 1 aliphatic rings. The second-order valence-electron chi connectivity index (χ2n) is 4.13. The van der Waals surface area contributed by atoms with Gasteiger partial charge in [0.15, 0.2) is 0 Å². The Balaban J connectivity index is 2.22. The molecular formula is C11H12Cl2N2O2. The summed E-state index contributed by atoms with van der Waals surface area (Å²) in [5, 5.41) is 9.86. The van der Waals surface area contributed by atoms with Gasteiger partial charge in [-0.15, -0.1) is 0 Å². The molecule has 0 aromatic heterocycles. The van der Waals surface area contributed by atoms with Gasteiger partial charge >= 0.3 is 6.09 Å². The molecule has 1 heterocycles. The Hall–Kier alpha value is -0.970. The van der Waals surface area contributed by atoms with Crippen LogP contribution in [0.1, 0.15) is 11.5 Å². The van der Waals surface area contributed by atoms with E-state index in [4.69, 9.17) is 34.0 Å². The molecule has 1 aromatic carbocycles. The molecule has 0 saturated carbocycles. The Labute approximate surface area is 109 Å². The minimum atomic E-state index is -0.942. The van der Waals surface area contributed by atoms with Gasteiger partial charge in [-0.3, -0.25) is 0 Å². The van der Waals surface area contributed by atoms with Crippen molar-refractivity contribution >= 4 is 29.3 Å². The molecule has 1 amide bonds. The van der Waals surface area contributed by atoms with Crippen LogP contribution in [-0.2, 0) is 0 Å². The summed E-state index contributed by atoms with van der Waals surface area (Å²) in [6.07, 6.45) is -0.942. The number of halogens is 2. The average Bonchev–Trinajstić information content (AvgIpc) is 2.65. The van der Waals surface area contributed by atoms with Gasteiger partial charge in [0.1, 0.15) is 0 Å². The first-order valence-electron chi connectivity index (χ1n) is 5.17. The van der Waals surface area contributed by atoms with Crippen LogP contribution in [0.25, 0.3) is 0 Å². The van der Waals surface area contributed by atoms with Gasteiger partial charge in [0.05, 0.1) is 10.0 Å². The van der Waals surface area contributed by atoms with E-state index in [0.717, 1.165) is 5.56 Å². The first kappa shape index (κ1) is 12.5. The number of hydrogen-bond donors (Lipinski definition) is 2. The summed E-state index contributed by atoms with van der Waals surface area (Å²) in [6.45, 7) is 0.745. The van der Waals surface area contributed by atoms with E-state index in [1.807, 2.05) is 6.07 Å². The van der Waals surface area contributed by atoms with E-state index < -0.39 is 6.09 Å². The van der Waals surface area contributed by atoms with Crippen molar-refractivity contribution in [1.82, 2.24) is 4.90 Å². The monoisotopic (exact) mass is 274 g/mol. The molecule has 2 atom stereocenters. The van der Waals surface area contributed by atoms with Gasteiger partial charge in [-0.25, -0.2) is 4.79 Å². The molecule has 0 radical (unpaired) electrons. The standard InChI is InChI=1S/C11H12Cl2N2O2/c12-8-2-1-6(3-9(8)13)7-4-15(11(16)17)5-10(7)14/h1-3,7,10H,4-5,14H2,(H,16,17)/t7-,10+/m0/s1. The summed E-state index contributed by atoms with van der Waals surface area (Å²) < 4.78 is 0. The zero-order valence-electron chi connectivity index (χ0n) is 8.94. The van der Waals surface area contributed by atoms with Gasteiger partial charge in [0.2, 0.25) is 0 Å². The van der Waals surface area contributed by atoms with Gasteiger partial charge in [0, 0.05) is 25.0 Å². The maximum Gasteiger partial charge on any atom is 0.407 e. The third kappa shape index (κ3) is 2.49. The summed E-state index contributed by atoms with van der Waals surface area (Å²) in [4.78, 5) is 12.2. The Kier molecular flexibility index (Phi) is 3.47. The van der Waals surface area contributed by atoms with E-state index in [9.17, 15) is 4.79 Å². The van der Waals surface area contributed by atoms with Crippen LogP contribution in [0.5, 0.6) is 0 Å². The molecular weight excluding hydrogens is 263 g/mol. The van der Waals surface area contributed by atoms with Crippen molar-refractivity contribution in [2.24, 2.45) is 5.73 Å². The number of carbonyl (C=O) groups is 1. The third-order valence-electron chi connectivity index (χ3n) is 3.01. The zero-order chi connectivity index (χ0) is 12.6. The largest absolute Gasteiger partial charge is 0.465 e. The van der Waals surface area contributed by atoms with Crippen LogP contribution in [0, 0.1) is 0 Å². The molecule has 1 aliphatic heterocycles. The highest BCUT2D eigenvalue weighted by molar-refractivity contribution is 6.42. The van der Waals surface area contributed by atoms with Crippen molar-refractivity contribution < 1.29 is 9.90 Å². The molecule has 4 nitrogen and oxygen atoms in total. The van der Waals surface area contributed by atoms with E-state index in [-0.39, 0.29) is 12.0 Å². The lowest BCUT2D eigenvalue weighted by Gasteiger charge is -2.14. The van der Waals surface area contributed by atoms with Gasteiger partial charge in [0.25, 0.3) is 0 Å². The number of rotatable bonds is 1. The predicted molar refractivity (Wildman–Crippen MR) is 66.8 cm³/mol. The predicted octanol–water partition coefficient (Wildman–Crippen LogP) is 2.40. The molecule has 1 aromatic rings. The van der Waals surface area contributed by atoms with Crippen molar-refractivity contribution in [1.29, 1.82) is 0 Å². The van der Waals surface area contributed by atoms with E-state index in [0.29, 0.717) is 23.1 Å². The molecule has 1 saturated heterocycles. The highest BCUT2D eigenvalue weighted by Crippen LogP contribution is 2.31. The van der Waals surface area contributed by atoms with Crippen molar-refractivity contribution in [2.45, 2.75) is 12.0 Å². The van der Waals surface area contributed by atoms with Crippen LogP contribution in [0.3, 0.4) is 0 Å². The summed E-state index contributed by atoms with van der Waals surface area (Å²) in [5.41, 5.74) is 6.87. The lowest BCUT2D eigenvalue weighted by Crippen LogP contribution is -2.31. The van der Waals surface area contributed by atoms with Gasteiger partial charge in [-0.1, -0.05) is 29.3 Å². The quantitative estimate of drug-likeness (QED) is 0.827. The Morgan fingerprint density at radius 2 is 2.06 bits per heavy atom. The molecule has 0 aliphatic carbocycles. The number of likely N-dealkylation sites (tertiary alicyclic amines) is 1. The van der Waals surface area contributed by atoms with Crippen LogP contribution in [0.4, 0.5) is 4.79 Å². The molecule has 2 rings (SSSR count). The van der Waals surface area contributed by atoms with Crippen LogP contribution < -0.4 is 5.73 Å². The van der Waals surface area contributed by atoms with Crippen molar-refractivity contribution in [2.75, 3.05) is 13.1 Å². The van der Waals surface area contributed by atoms with Crippen molar-refractivity contribution in [3.63, 3.8) is 0 Å². The second-order valence-corrected chi connectivity index (χ2v) is 4.95. The maximum absolute atomic E-state index is 10.9. The van der Waals surface area contributed by atoms with Gasteiger partial charge in [-0.2, -0.15) is 0 Å². The summed E-state index contributed by atoms with van der Waals surface area (Å²) in [5.74, 6) is -0.0270. The summed E-state index contributed by atoms with van der Waals surface area (Å²) in [7, 11) is 0. The molecule has 6 heteroatoms. The number of carboxylic acid groups (broad SMARTS) is 1. The average molecular weight is 275 g/mol. The molecule has 92 valence electrons. The second kappa shape index (κ2) is 4.72. The van der Waals surface area contributed by atoms with Crippen molar-refractivity contribution in [3.05, 3.63) is 33.8 Å². The first-order chi connectivity index (χ1) is 7.99. The van der Waals surface area contributed by atoms with Crippen LogP contribution in [0.2, 0.25) is 10.0 Å². The number of nitrogens with two attached hydrogens (primary N) is 1. The van der Waals surface area contributed by atoms with Crippen molar-refractivity contribution in [3.8, 4) is 0 Å². The minimum Gasteiger partial charge on any atom is -0.465 e. The maximum atomic E-state index is 10.9. The number of amides is 1.